The Morgan fingerprint density at radius 1 is 0.926 bits per heavy atom. The maximum absolute atomic E-state index is 13.7. The Morgan fingerprint density at radius 2 is 1.48 bits per heavy atom. The number of benzene rings is 2. The maximum Gasteiger partial charge on any atom is 0.357 e. The Kier molecular flexibility index (Phi) is 8.30. The Morgan fingerprint density at radius 3 is 2.00 bits per heavy atom. The van der Waals surface area contributed by atoms with Crippen molar-refractivity contribution in [2.45, 2.75) is 45.7 Å². The molecule has 0 aliphatic rings. The van der Waals surface area contributed by atoms with Crippen molar-refractivity contribution >= 4 is 35.3 Å². The number of nitrogens with one attached hydrogen (secondary N) is 1. The first-order chi connectivity index (χ1) is 12.8. The second-order valence-electron chi connectivity index (χ2n) is 6.71. The van der Waals surface area contributed by atoms with E-state index in [1.165, 1.54) is 0 Å². The Balaban J connectivity index is 2.37. The molecule has 0 saturated carbocycles. The Hall–Kier alpha value is -1.39. The zero-order valence-corrected chi connectivity index (χ0v) is 18.6. The van der Waals surface area contributed by atoms with Gasteiger partial charge in [0.05, 0.1) is 12.2 Å². The smallest absolute Gasteiger partial charge is 0.357 e. The highest BCUT2D eigenvalue weighted by Crippen LogP contribution is 2.55. The molecule has 6 heteroatoms. The van der Waals surface area contributed by atoms with E-state index < -0.39 is 13.4 Å². The van der Waals surface area contributed by atoms with Crippen molar-refractivity contribution in [1.82, 2.24) is 0 Å². The van der Waals surface area contributed by atoms with Gasteiger partial charge in [-0.2, -0.15) is 0 Å². The third-order valence-corrected chi connectivity index (χ3v) is 6.43. The van der Waals surface area contributed by atoms with E-state index in [-0.39, 0.29) is 12.2 Å². The van der Waals surface area contributed by atoms with Crippen LogP contribution in [0.25, 0.3) is 6.08 Å². The minimum Gasteiger partial charge on any atom is -0.368 e. The van der Waals surface area contributed by atoms with Gasteiger partial charge in [0.25, 0.3) is 0 Å². The third kappa shape index (κ3) is 7.27. The summed E-state index contributed by atoms with van der Waals surface area (Å²) in [5, 5.41) is 3.31. The standard InChI is InChI=1S/C21H27BrNO3P/c1-16(2)25-27(24,26-17(3)4)21(15-10-18-8-6-5-7-9-18)23-20-13-11-19(22)12-14-20/h5-17,21,23H,1-4H3/b15-10+/t21-/m1/s1. The topological polar surface area (TPSA) is 47.6 Å². The molecule has 0 aromatic heterocycles. The fraction of sp³-hybridized carbons (Fsp3) is 0.333. The van der Waals surface area contributed by atoms with Crippen LogP contribution in [0.3, 0.4) is 0 Å². The van der Waals surface area contributed by atoms with Gasteiger partial charge in [-0.25, -0.2) is 0 Å². The summed E-state index contributed by atoms with van der Waals surface area (Å²) in [4.78, 5) is 0. The summed E-state index contributed by atoms with van der Waals surface area (Å²) in [6.45, 7) is 7.42. The van der Waals surface area contributed by atoms with Crippen LogP contribution in [0.5, 0.6) is 0 Å². The molecule has 0 saturated heterocycles. The van der Waals surface area contributed by atoms with Crippen LogP contribution in [0.1, 0.15) is 33.3 Å². The minimum absolute atomic E-state index is 0.228. The van der Waals surface area contributed by atoms with Crippen molar-refractivity contribution in [3.8, 4) is 0 Å². The van der Waals surface area contributed by atoms with Gasteiger partial charge in [0.1, 0.15) is 5.78 Å². The molecule has 1 N–H and O–H groups in total. The van der Waals surface area contributed by atoms with Crippen molar-refractivity contribution < 1.29 is 13.6 Å². The van der Waals surface area contributed by atoms with Crippen LogP contribution >= 0.6 is 23.5 Å². The van der Waals surface area contributed by atoms with Gasteiger partial charge in [-0.15, -0.1) is 0 Å². The lowest BCUT2D eigenvalue weighted by atomic mass is 10.2. The zero-order valence-electron chi connectivity index (χ0n) is 16.1. The van der Waals surface area contributed by atoms with Crippen LogP contribution in [-0.4, -0.2) is 18.0 Å². The van der Waals surface area contributed by atoms with Gasteiger partial charge in [0, 0.05) is 10.2 Å². The Labute approximate surface area is 170 Å². The minimum atomic E-state index is -3.47. The third-order valence-electron chi connectivity index (χ3n) is 3.49. The predicted molar refractivity (Wildman–Crippen MR) is 117 cm³/mol. The molecule has 2 rings (SSSR count). The molecule has 4 nitrogen and oxygen atoms in total. The van der Waals surface area contributed by atoms with Crippen LogP contribution < -0.4 is 5.32 Å². The molecule has 2 aromatic rings. The van der Waals surface area contributed by atoms with Crippen LogP contribution in [0.15, 0.2) is 65.1 Å². The molecule has 2 aromatic carbocycles. The molecule has 0 radical (unpaired) electrons. The molecule has 1 atom stereocenters. The van der Waals surface area contributed by atoms with E-state index in [0.29, 0.717) is 0 Å². The van der Waals surface area contributed by atoms with Gasteiger partial charge < -0.3 is 14.4 Å². The average molecular weight is 452 g/mol. The first-order valence-corrected chi connectivity index (χ1v) is 11.4. The van der Waals surface area contributed by atoms with Crippen molar-refractivity contribution in [2.75, 3.05) is 5.32 Å². The Bertz CT molecular complexity index is 762. The van der Waals surface area contributed by atoms with Crippen LogP contribution in [0.4, 0.5) is 5.69 Å². The summed E-state index contributed by atoms with van der Waals surface area (Å²) in [6.07, 6.45) is 3.32. The largest absolute Gasteiger partial charge is 0.368 e. The summed E-state index contributed by atoms with van der Waals surface area (Å²) in [5.41, 5.74) is 1.85. The second-order valence-corrected chi connectivity index (χ2v) is 9.69. The van der Waals surface area contributed by atoms with Crippen LogP contribution in [-0.2, 0) is 13.6 Å². The maximum atomic E-state index is 13.7. The number of halogens is 1. The molecular weight excluding hydrogens is 425 g/mol. The van der Waals surface area contributed by atoms with Crippen LogP contribution in [0.2, 0.25) is 0 Å². The molecule has 0 aliphatic carbocycles. The summed E-state index contributed by atoms with van der Waals surface area (Å²) in [6, 6.07) is 17.6. The van der Waals surface area contributed by atoms with Crippen molar-refractivity contribution in [1.29, 1.82) is 0 Å². The van der Waals surface area contributed by atoms with Crippen molar-refractivity contribution in [2.24, 2.45) is 0 Å². The normalized spacial score (nSPS) is 13.4. The number of hydrogen-bond donors (Lipinski definition) is 1. The molecule has 146 valence electrons. The van der Waals surface area contributed by atoms with E-state index in [9.17, 15) is 4.57 Å². The first kappa shape index (κ1) is 21.9. The highest BCUT2D eigenvalue weighted by atomic mass is 79.9. The van der Waals surface area contributed by atoms with E-state index in [0.717, 1.165) is 15.7 Å². The number of hydrogen-bond acceptors (Lipinski definition) is 4. The SMILES string of the molecule is CC(C)OP(=O)(OC(C)C)[C@H](/C=C/c1ccccc1)Nc1ccc(Br)cc1. The fourth-order valence-corrected chi connectivity index (χ4v) is 4.82. The van der Waals surface area contributed by atoms with Crippen molar-refractivity contribution in [3.05, 3.63) is 70.7 Å². The summed E-state index contributed by atoms with van der Waals surface area (Å²) >= 11 is 3.43. The average Bonchev–Trinajstić information content (AvgIpc) is 2.59. The lowest BCUT2D eigenvalue weighted by molar-refractivity contribution is 0.140. The zero-order chi connectivity index (χ0) is 19.9. The highest BCUT2D eigenvalue weighted by Gasteiger charge is 2.36. The van der Waals surface area contributed by atoms with Gasteiger partial charge in [0.2, 0.25) is 0 Å². The predicted octanol–water partition coefficient (Wildman–Crippen LogP) is 6.94. The van der Waals surface area contributed by atoms with Crippen LogP contribution in [0, 0.1) is 0 Å². The number of anilines is 1. The van der Waals surface area contributed by atoms with Gasteiger partial charge in [0.15, 0.2) is 0 Å². The summed E-state index contributed by atoms with van der Waals surface area (Å²) < 4.78 is 26.2. The van der Waals surface area contributed by atoms with Gasteiger partial charge in [-0.05, 0) is 63.6 Å². The van der Waals surface area contributed by atoms with Crippen molar-refractivity contribution in [3.63, 3.8) is 0 Å². The fourth-order valence-electron chi connectivity index (χ4n) is 2.46. The molecule has 0 bridgehead atoms. The highest BCUT2D eigenvalue weighted by molar-refractivity contribution is 9.10. The molecule has 0 heterocycles. The lowest BCUT2D eigenvalue weighted by Crippen LogP contribution is -2.23. The molecular formula is C21H27BrNO3P. The van der Waals surface area contributed by atoms with E-state index in [2.05, 4.69) is 21.2 Å². The molecule has 0 unspecified atom stereocenters. The molecule has 27 heavy (non-hydrogen) atoms. The monoisotopic (exact) mass is 451 g/mol. The second kappa shape index (κ2) is 10.2. The molecule has 0 aliphatic heterocycles. The van der Waals surface area contributed by atoms with Gasteiger partial charge >= 0.3 is 7.60 Å². The van der Waals surface area contributed by atoms with E-state index in [1.807, 2.05) is 94.4 Å². The first-order valence-electron chi connectivity index (χ1n) is 9.00. The molecule has 0 fully saturated rings. The molecule has 0 amide bonds. The summed E-state index contributed by atoms with van der Waals surface area (Å²) in [7, 11) is -3.47. The van der Waals surface area contributed by atoms with Gasteiger partial charge in [-0.1, -0.05) is 52.3 Å². The number of rotatable bonds is 9. The van der Waals surface area contributed by atoms with E-state index >= 15 is 0 Å². The quantitative estimate of drug-likeness (QED) is 0.419. The van der Waals surface area contributed by atoms with Gasteiger partial charge in [-0.3, -0.25) is 4.57 Å². The van der Waals surface area contributed by atoms with E-state index in [4.69, 9.17) is 9.05 Å². The molecule has 0 spiro atoms. The van der Waals surface area contributed by atoms with E-state index in [1.54, 1.807) is 0 Å². The summed E-state index contributed by atoms with van der Waals surface area (Å²) in [5.74, 6) is -0.622. The lowest BCUT2D eigenvalue weighted by Gasteiger charge is -2.29.